The van der Waals surface area contributed by atoms with Gasteiger partial charge < -0.3 is 4.90 Å². The van der Waals surface area contributed by atoms with Gasteiger partial charge in [-0.15, -0.1) is 11.6 Å². The maximum absolute atomic E-state index is 5.82. The standard InChI is InChI=1S/C13H17ClN2/c14-7-12-6-13(4-5-15-12)16-8-10-2-1-3-11(10)9-16/h4-6,10-11H,1-3,7-9H2. The van der Waals surface area contributed by atoms with Crippen molar-refractivity contribution in [2.24, 2.45) is 11.8 Å². The molecule has 0 bridgehead atoms. The Bertz CT molecular complexity index is 368. The van der Waals surface area contributed by atoms with Crippen molar-refractivity contribution in [1.82, 2.24) is 4.98 Å². The summed E-state index contributed by atoms with van der Waals surface area (Å²) in [5, 5.41) is 0. The summed E-state index contributed by atoms with van der Waals surface area (Å²) in [7, 11) is 0. The Morgan fingerprint density at radius 3 is 2.75 bits per heavy atom. The maximum atomic E-state index is 5.82. The SMILES string of the molecule is ClCc1cc(N2CC3CCCC3C2)ccn1. The fourth-order valence-electron chi connectivity index (χ4n) is 3.18. The van der Waals surface area contributed by atoms with Crippen LogP contribution in [0, 0.1) is 11.8 Å². The zero-order chi connectivity index (χ0) is 11.0. The number of halogens is 1. The van der Waals surface area contributed by atoms with Crippen molar-refractivity contribution in [3.63, 3.8) is 0 Å². The van der Waals surface area contributed by atoms with Crippen molar-refractivity contribution in [2.75, 3.05) is 18.0 Å². The summed E-state index contributed by atoms with van der Waals surface area (Å²) in [6.45, 7) is 2.47. The zero-order valence-corrected chi connectivity index (χ0v) is 10.2. The van der Waals surface area contributed by atoms with Crippen LogP contribution < -0.4 is 4.90 Å². The number of hydrogen-bond donors (Lipinski definition) is 0. The second kappa shape index (κ2) is 4.25. The second-order valence-electron chi connectivity index (χ2n) is 5.00. The molecule has 1 aromatic heterocycles. The topological polar surface area (TPSA) is 16.1 Å². The van der Waals surface area contributed by atoms with E-state index in [1.807, 2.05) is 6.20 Å². The lowest BCUT2D eigenvalue weighted by atomic mass is 10.0. The summed E-state index contributed by atoms with van der Waals surface area (Å²) < 4.78 is 0. The molecular weight excluding hydrogens is 220 g/mol. The number of anilines is 1. The van der Waals surface area contributed by atoms with E-state index in [0.717, 1.165) is 17.5 Å². The molecule has 0 spiro atoms. The van der Waals surface area contributed by atoms with Crippen molar-refractivity contribution in [3.8, 4) is 0 Å². The Morgan fingerprint density at radius 2 is 2.06 bits per heavy atom. The highest BCUT2D eigenvalue weighted by Gasteiger charge is 2.36. The average Bonchev–Trinajstić information content (AvgIpc) is 2.89. The molecule has 1 aliphatic heterocycles. The number of hydrogen-bond acceptors (Lipinski definition) is 2. The number of aromatic nitrogens is 1. The molecule has 1 aliphatic carbocycles. The predicted molar refractivity (Wildman–Crippen MR) is 66.8 cm³/mol. The average molecular weight is 237 g/mol. The molecule has 1 saturated heterocycles. The van der Waals surface area contributed by atoms with Crippen molar-refractivity contribution in [2.45, 2.75) is 25.1 Å². The third-order valence-electron chi connectivity index (χ3n) is 4.03. The van der Waals surface area contributed by atoms with Gasteiger partial charge in [-0.25, -0.2) is 0 Å². The Balaban J connectivity index is 1.78. The first kappa shape index (κ1) is 10.4. The number of rotatable bonds is 2. The molecule has 0 amide bonds. The molecule has 1 aromatic rings. The monoisotopic (exact) mass is 236 g/mol. The highest BCUT2D eigenvalue weighted by atomic mass is 35.5. The van der Waals surface area contributed by atoms with Crippen LogP contribution in [0.25, 0.3) is 0 Å². The summed E-state index contributed by atoms with van der Waals surface area (Å²) in [6.07, 6.45) is 6.16. The lowest BCUT2D eigenvalue weighted by molar-refractivity contribution is 0.494. The van der Waals surface area contributed by atoms with Crippen LogP contribution in [-0.2, 0) is 5.88 Å². The Labute approximate surface area is 102 Å². The quantitative estimate of drug-likeness (QED) is 0.734. The molecule has 3 rings (SSSR count). The van der Waals surface area contributed by atoms with E-state index < -0.39 is 0 Å². The van der Waals surface area contributed by atoms with Crippen molar-refractivity contribution >= 4 is 17.3 Å². The van der Waals surface area contributed by atoms with Gasteiger partial charge in [-0.2, -0.15) is 0 Å². The van der Waals surface area contributed by atoms with E-state index in [-0.39, 0.29) is 0 Å². The Kier molecular flexibility index (Phi) is 2.76. The van der Waals surface area contributed by atoms with Crippen LogP contribution in [0.5, 0.6) is 0 Å². The van der Waals surface area contributed by atoms with Crippen molar-refractivity contribution < 1.29 is 0 Å². The molecule has 1 saturated carbocycles. The zero-order valence-electron chi connectivity index (χ0n) is 9.40. The molecule has 2 atom stereocenters. The van der Waals surface area contributed by atoms with Crippen molar-refractivity contribution in [1.29, 1.82) is 0 Å². The first-order chi connectivity index (χ1) is 7.86. The van der Waals surface area contributed by atoms with Crippen LogP contribution in [0.3, 0.4) is 0 Å². The second-order valence-corrected chi connectivity index (χ2v) is 5.26. The summed E-state index contributed by atoms with van der Waals surface area (Å²) >= 11 is 5.82. The van der Waals surface area contributed by atoms with Gasteiger partial charge in [0.15, 0.2) is 0 Å². The minimum atomic E-state index is 0.508. The van der Waals surface area contributed by atoms with Gasteiger partial charge in [-0.05, 0) is 36.8 Å². The normalized spacial score (nSPS) is 28.4. The Hall–Kier alpha value is -0.760. The van der Waals surface area contributed by atoms with E-state index in [9.17, 15) is 0 Å². The smallest absolute Gasteiger partial charge is 0.0648 e. The molecule has 0 radical (unpaired) electrons. The van der Waals surface area contributed by atoms with Crippen molar-refractivity contribution in [3.05, 3.63) is 24.0 Å². The van der Waals surface area contributed by atoms with Gasteiger partial charge in [0.1, 0.15) is 0 Å². The fourth-order valence-corrected chi connectivity index (χ4v) is 3.33. The van der Waals surface area contributed by atoms with Crippen LogP contribution in [0.15, 0.2) is 18.3 Å². The minimum absolute atomic E-state index is 0.508. The summed E-state index contributed by atoms with van der Waals surface area (Å²) in [4.78, 5) is 6.75. The number of pyridine rings is 1. The molecule has 0 N–H and O–H groups in total. The highest BCUT2D eigenvalue weighted by molar-refractivity contribution is 6.16. The highest BCUT2D eigenvalue weighted by Crippen LogP contribution is 2.39. The van der Waals surface area contributed by atoms with Crippen LogP contribution in [-0.4, -0.2) is 18.1 Å². The molecule has 0 aromatic carbocycles. The first-order valence-corrected chi connectivity index (χ1v) is 6.66. The third-order valence-corrected chi connectivity index (χ3v) is 4.30. The van der Waals surface area contributed by atoms with E-state index in [1.54, 1.807) is 0 Å². The van der Waals surface area contributed by atoms with Gasteiger partial charge in [0.25, 0.3) is 0 Å². The van der Waals surface area contributed by atoms with E-state index in [2.05, 4.69) is 22.0 Å². The van der Waals surface area contributed by atoms with Gasteiger partial charge in [0.2, 0.25) is 0 Å². The van der Waals surface area contributed by atoms with Crippen LogP contribution in [0.1, 0.15) is 25.0 Å². The van der Waals surface area contributed by atoms with Crippen LogP contribution >= 0.6 is 11.6 Å². The van der Waals surface area contributed by atoms with Gasteiger partial charge in [-0.3, -0.25) is 4.98 Å². The van der Waals surface area contributed by atoms with E-state index in [4.69, 9.17) is 11.6 Å². The van der Waals surface area contributed by atoms with E-state index in [0.29, 0.717) is 5.88 Å². The molecule has 16 heavy (non-hydrogen) atoms. The summed E-state index contributed by atoms with van der Waals surface area (Å²) in [5.41, 5.74) is 2.29. The summed E-state index contributed by atoms with van der Waals surface area (Å²) in [5.74, 6) is 2.38. The molecule has 3 heteroatoms. The molecule has 2 aliphatic rings. The molecule has 2 unspecified atom stereocenters. The molecule has 2 nitrogen and oxygen atoms in total. The number of fused-ring (bicyclic) bond motifs is 1. The first-order valence-electron chi connectivity index (χ1n) is 6.12. The molecule has 2 fully saturated rings. The predicted octanol–water partition coefficient (Wildman–Crippen LogP) is 3.06. The van der Waals surface area contributed by atoms with E-state index in [1.165, 1.54) is 38.0 Å². The summed E-state index contributed by atoms with van der Waals surface area (Å²) in [6, 6.07) is 4.24. The largest absolute Gasteiger partial charge is 0.371 e. The maximum Gasteiger partial charge on any atom is 0.0648 e. The van der Waals surface area contributed by atoms with Gasteiger partial charge in [0, 0.05) is 25.0 Å². The third kappa shape index (κ3) is 1.80. The Morgan fingerprint density at radius 1 is 1.31 bits per heavy atom. The van der Waals surface area contributed by atoms with Crippen LogP contribution in [0.2, 0.25) is 0 Å². The van der Waals surface area contributed by atoms with Gasteiger partial charge in [0.05, 0.1) is 11.6 Å². The molecule has 2 heterocycles. The lowest BCUT2D eigenvalue weighted by Crippen LogP contribution is -2.20. The fraction of sp³-hybridized carbons (Fsp3) is 0.615. The number of alkyl halides is 1. The van der Waals surface area contributed by atoms with Gasteiger partial charge >= 0.3 is 0 Å². The molecule has 86 valence electrons. The number of nitrogens with zero attached hydrogens (tertiary/aromatic N) is 2. The van der Waals surface area contributed by atoms with E-state index >= 15 is 0 Å². The lowest BCUT2D eigenvalue weighted by Gasteiger charge is -2.19. The van der Waals surface area contributed by atoms with Gasteiger partial charge in [-0.1, -0.05) is 6.42 Å². The van der Waals surface area contributed by atoms with Crippen LogP contribution in [0.4, 0.5) is 5.69 Å². The molecular formula is C13H17ClN2. The minimum Gasteiger partial charge on any atom is -0.371 e.